The Labute approximate surface area is 116 Å². The quantitative estimate of drug-likeness (QED) is 0.764. The molecule has 1 heterocycles. The number of hydrogen-bond donors (Lipinski definition) is 3. The minimum absolute atomic E-state index is 0.0782. The van der Waals surface area contributed by atoms with E-state index in [1.54, 1.807) is 13.0 Å². The number of anilines is 1. The van der Waals surface area contributed by atoms with Gasteiger partial charge in [0, 0.05) is 17.8 Å². The van der Waals surface area contributed by atoms with Crippen LogP contribution in [-0.4, -0.2) is 22.8 Å². The fourth-order valence-electron chi connectivity index (χ4n) is 1.99. The Kier molecular flexibility index (Phi) is 3.84. The molecule has 1 aromatic carbocycles. The van der Waals surface area contributed by atoms with E-state index in [1.807, 2.05) is 24.3 Å². The van der Waals surface area contributed by atoms with E-state index in [2.05, 4.69) is 10.3 Å². The van der Waals surface area contributed by atoms with E-state index in [0.29, 0.717) is 5.82 Å². The molecule has 0 bridgehead atoms. The summed E-state index contributed by atoms with van der Waals surface area (Å²) in [6, 6.07) is 8.73. The second kappa shape index (κ2) is 5.56. The topological polar surface area (TPSA) is 111 Å². The number of carbonyl (C=O) groups excluding carboxylic acids is 2. The Morgan fingerprint density at radius 1 is 1.35 bits per heavy atom. The summed E-state index contributed by atoms with van der Waals surface area (Å²) in [5.74, 6) is -0.546. The summed E-state index contributed by atoms with van der Waals surface area (Å²) in [6.07, 6.45) is 0.0782. The van der Waals surface area contributed by atoms with Gasteiger partial charge in [0.1, 0.15) is 11.5 Å². The predicted octanol–water partition coefficient (Wildman–Crippen LogP) is 0.811. The van der Waals surface area contributed by atoms with Crippen LogP contribution in [0.5, 0.6) is 0 Å². The molecule has 104 valence electrons. The average Bonchev–Trinajstić information content (AvgIpc) is 2.37. The number of nitrogens with two attached hydrogens (primary N) is 2. The number of amides is 2. The molecule has 1 aromatic heterocycles. The normalized spacial score (nSPS) is 12.1. The van der Waals surface area contributed by atoms with Crippen molar-refractivity contribution in [1.82, 2.24) is 10.3 Å². The third kappa shape index (κ3) is 3.03. The largest absolute Gasteiger partial charge is 0.383 e. The van der Waals surface area contributed by atoms with Crippen molar-refractivity contribution in [1.29, 1.82) is 0 Å². The molecule has 2 aromatic rings. The minimum atomic E-state index is -0.469. The summed E-state index contributed by atoms with van der Waals surface area (Å²) >= 11 is 0. The molecular formula is C14H16N4O2. The molecule has 0 spiro atoms. The van der Waals surface area contributed by atoms with Crippen molar-refractivity contribution in [2.75, 3.05) is 5.73 Å². The minimum Gasteiger partial charge on any atom is -0.383 e. The number of carbonyl (C=O) groups is 2. The van der Waals surface area contributed by atoms with E-state index in [-0.39, 0.29) is 24.1 Å². The van der Waals surface area contributed by atoms with Crippen LogP contribution in [0.3, 0.4) is 0 Å². The number of fused-ring (bicyclic) bond motifs is 1. The van der Waals surface area contributed by atoms with Gasteiger partial charge in [0.15, 0.2) is 0 Å². The molecule has 0 aliphatic rings. The Hall–Kier alpha value is -2.63. The number of aromatic nitrogens is 1. The third-order valence-electron chi connectivity index (χ3n) is 2.89. The van der Waals surface area contributed by atoms with Crippen molar-refractivity contribution < 1.29 is 9.59 Å². The van der Waals surface area contributed by atoms with Crippen molar-refractivity contribution in [3.8, 4) is 0 Å². The van der Waals surface area contributed by atoms with Crippen molar-refractivity contribution in [2.24, 2.45) is 5.73 Å². The zero-order chi connectivity index (χ0) is 14.7. The van der Waals surface area contributed by atoms with Crippen LogP contribution in [-0.2, 0) is 4.79 Å². The zero-order valence-corrected chi connectivity index (χ0v) is 11.1. The first kappa shape index (κ1) is 13.8. The molecule has 5 N–H and O–H groups in total. The molecule has 6 nitrogen and oxygen atoms in total. The number of pyridine rings is 1. The van der Waals surface area contributed by atoms with Gasteiger partial charge < -0.3 is 16.8 Å². The van der Waals surface area contributed by atoms with Crippen LogP contribution >= 0.6 is 0 Å². The number of nitrogens with zero attached hydrogens (tertiary/aromatic N) is 1. The lowest BCUT2D eigenvalue weighted by molar-refractivity contribution is -0.118. The number of hydrogen-bond acceptors (Lipinski definition) is 4. The monoisotopic (exact) mass is 272 g/mol. The molecule has 1 unspecified atom stereocenters. The van der Waals surface area contributed by atoms with E-state index in [1.165, 1.54) is 0 Å². The number of primary amides is 1. The van der Waals surface area contributed by atoms with E-state index in [9.17, 15) is 9.59 Å². The van der Waals surface area contributed by atoms with Crippen LogP contribution in [0.2, 0.25) is 0 Å². The molecule has 0 fully saturated rings. The molecule has 20 heavy (non-hydrogen) atoms. The van der Waals surface area contributed by atoms with Crippen LogP contribution in [0.4, 0.5) is 5.82 Å². The SMILES string of the molecule is CC(CC(N)=O)NC(=O)c1cc2ccccc2c(N)n1. The highest BCUT2D eigenvalue weighted by molar-refractivity contribution is 6.00. The summed E-state index contributed by atoms with van der Waals surface area (Å²) in [4.78, 5) is 26.9. The fourth-order valence-corrected chi connectivity index (χ4v) is 1.99. The van der Waals surface area contributed by atoms with E-state index in [0.717, 1.165) is 10.8 Å². The first-order chi connectivity index (χ1) is 9.47. The van der Waals surface area contributed by atoms with Gasteiger partial charge in [0.05, 0.1) is 0 Å². The van der Waals surface area contributed by atoms with Crippen LogP contribution in [0, 0.1) is 0 Å². The Morgan fingerprint density at radius 3 is 2.75 bits per heavy atom. The van der Waals surface area contributed by atoms with Gasteiger partial charge in [-0.1, -0.05) is 24.3 Å². The molecule has 0 aliphatic carbocycles. The molecular weight excluding hydrogens is 256 g/mol. The van der Waals surface area contributed by atoms with Crippen molar-refractivity contribution in [3.05, 3.63) is 36.0 Å². The van der Waals surface area contributed by atoms with Crippen molar-refractivity contribution in [2.45, 2.75) is 19.4 Å². The lowest BCUT2D eigenvalue weighted by Gasteiger charge is -2.12. The summed E-state index contributed by atoms with van der Waals surface area (Å²) in [5.41, 5.74) is 11.1. The summed E-state index contributed by atoms with van der Waals surface area (Å²) in [5, 5.41) is 4.30. The van der Waals surface area contributed by atoms with Crippen LogP contribution < -0.4 is 16.8 Å². The van der Waals surface area contributed by atoms with Crippen LogP contribution in [0.25, 0.3) is 10.8 Å². The summed E-state index contributed by atoms with van der Waals surface area (Å²) in [6.45, 7) is 1.70. The summed E-state index contributed by atoms with van der Waals surface area (Å²) in [7, 11) is 0. The van der Waals surface area contributed by atoms with Crippen LogP contribution in [0.15, 0.2) is 30.3 Å². The highest BCUT2D eigenvalue weighted by atomic mass is 16.2. The van der Waals surface area contributed by atoms with Crippen LogP contribution in [0.1, 0.15) is 23.8 Å². The standard InChI is InChI=1S/C14H16N4O2/c1-8(6-12(15)19)17-14(20)11-7-9-4-2-3-5-10(9)13(16)18-11/h2-5,7-8H,6H2,1H3,(H2,15,19)(H2,16,18)(H,17,20). The van der Waals surface area contributed by atoms with Gasteiger partial charge in [-0.15, -0.1) is 0 Å². The molecule has 0 aliphatic heterocycles. The van der Waals surface area contributed by atoms with E-state index in [4.69, 9.17) is 11.5 Å². The second-order valence-electron chi connectivity index (χ2n) is 4.66. The van der Waals surface area contributed by atoms with Gasteiger partial charge >= 0.3 is 0 Å². The van der Waals surface area contributed by atoms with Gasteiger partial charge in [0.25, 0.3) is 5.91 Å². The molecule has 0 saturated carbocycles. The number of rotatable bonds is 4. The maximum absolute atomic E-state index is 12.1. The Bertz CT molecular complexity index is 669. The molecule has 1 atom stereocenters. The smallest absolute Gasteiger partial charge is 0.270 e. The highest BCUT2D eigenvalue weighted by Crippen LogP contribution is 2.19. The van der Waals surface area contributed by atoms with Crippen molar-refractivity contribution >= 4 is 28.4 Å². The predicted molar refractivity (Wildman–Crippen MR) is 76.9 cm³/mol. The van der Waals surface area contributed by atoms with Crippen molar-refractivity contribution in [3.63, 3.8) is 0 Å². The highest BCUT2D eigenvalue weighted by Gasteiger charge is 2.14. The number of benzene rings is 1. The van der Waals surface area contributed by atoms with Gasteiger partial charge in [-0.25, -0.2) is 4.98 Å². The zero-order valence-electron chi connectivity index (χ0n) is 11.1. The third-order valence-corrected chi connectivity index (χ3v) is 2.89. The molecule has 0 saturated heterocycles. The first-order valence-corrected chi connectivity index (χ1v) is 6.22. The lowest BCUT2D eigenvalue weighted by atomic mass is 10.1. The Morgan fingerprint density at radius 2 is 2.05 bits per heavy atom. The molecule has 6 heteroatoms. The van der Waals surface area contributed by atoms with Gasteiger partial charge in [0.2, 0.25) is 5.91 Å². The maximum atomic E-state index is 12.1. The molecule has 2 rings (SSSR count). The molecule has 2 amide bonds. The average molecular weight is 272 g/mol. The Balaban J connectivity index is 2.24. The van der Waals surface area contributed by atoms with Gasteiger partial charge in [-0.2, -0.15) is 0 Å². The van der Waals surface area contributed by atoms with Gasteiger partial charge in [-0.3, -0.25) is 9.59 Å². The fraction of sp³-hybridized carbons (Fsp3) is 0.214. The van der Waals surface area contributed by atoms with E-state index >= 15 is 0 Å². The second-order valence-corrected chi connectivity index (χ2v) is 4.66. The number of nitrogen functional groups attached to an aromatic ring is 1. The first-order valence-electron chi connectivity index (χ1n) is 6.22. The summed E-state index contributed by atoms with van der Waals surface area (Å²) < 4.78 is 0. The van der Waals surface area contributed by atoms with Gasteiger partial charge in [-0.05, 0) is 18.4 Å². The number of nitrogens with one attached hydrogen (secondary N) is 1. The lowest BCUT2D eigenvalue weighted by Crippen LogP contribution is -2.36. The maximum Gasteiger partial charge on any atom is 0.270 e. The van der Waals surface area contributed by atoms with E-state index < -0.39 is 5.91 Å². The molecule has 0 radical (unpaired) electrons.